The van der Waals surface area contributed by atoms with Gasteiger partial charge in [-0.2, -0.15) is 0 Å². The molecule has 9 nitrogen and oxygen atoms in total. The van der Waals surface area contributed by atoms with E-state index < -0.39 is 22.9 Å². The number of aliphatic hydroxyl groups is 1. The van der Waals surface area contributed by atoms with Crippen LogP contribution >= 0.6 is 0 Å². The Labute approximate surface area is 239 Å². The number of rotatable bonds is 8. The van der Waals surface area contributed by atoms with Crippen LogP contribution in [0.2, 0.25) is 0 Å². The van der Waals surface area contributed by atoms with E-state index in [4.69, 9.17) is 4.74 Å². The number of nitrogens with one attached hydrogen (secondary N) is 1. The Hall–Kier alpha value is -4.02. The summed E-state index contributed by atoms with van der Waals surface area (Å²) in [7, 11) is 3.18. The molecule has 2 fully saturated rings. The van der Waals surface area contributed by atoms with Crippen molar-refractivity contribution in [2.75, 3.05) is 30.5 Å². The SMILES string of the molecule is CC.Cc1ccc(Nc2c(C(=O)N(C)C3CC3)c(N(C=O)c3cccc(C4(O)COC4)c3)c(C)c(=O)n2C)c(F)c1. The molecule has 1 aliphatic heterocycles. The van der Waals surface area contributed by atoms with Crippen molar-refractivity contribution in [1.29, 1.82) is 0 Å². The van der Waals surface area contributed by atoms with Gasteiger partial charge in [-0.15, -0.1) is 0 Å². The number of carbonyl (C=O) groups is 2. The first-order chi connectivity index (χ1) is 19.6. The molecule has 3 aromatic rings. The lowest BCUT2D eigenvalue weighted by Gasteiger charge is -2.37. The zero-order valence-corrected chi connectivity index (χ0v) is 24.3. The van der Waals surface area contributed by atoms with Gasteiger partial charge in [0.15, 0.2) is 0 Å². The molecule has 0 atom stereocenters. The molecule has 2 N–H and O–H groups in total. The maximum atomic E-state index is 14.9. The van der Waals surface area contributed by atoms with Crippen LogP contribution in [0.25, 0.3) is 0 Å². The monoisotopic (exact) mass is 564 g/mol. The van der Waals surface area contributed by atoms with Crippen molar-refractivity contribution >= 4 is 35.2 Å². The highest BCUT2D eigenvalue weighted by Gasteiger charge is 2.39. The normalized spacial score (nSPS) is 15.2. The Morgan fingerprint density at radius 2 is 1.85 bits per heavy atom. The second-order valence-electron chi connectivity index (χ2n) is 10.4. The van der Waals surface area contributed by atoms with E-state index in [1.165, 1.54) is 28.6 Å². The summed E-state index contributed by atoms with van der Waals surface area (Å²) in [6.45, 7) is 7.55. The maximum absolute atomic E-state index is 14.9. The highest BCUT2D eigenvalue weighted by molar-refractivity contribution is 6.09. The predicted octanol–water partition coefficient (Wildman–Crippen LogP) is 4.66. The summed E-state index contributed by atoms with van der Waals surface area (Å²) in [5, 5.41) is 13.8. The third kappa shape index (κ3) is 5.62. The third-order valence-corrected chi connectivity index (χ3v) is 7.49. The molecule has 2 aliphatic rings. The number of anilines is 4. The van der Waals surface area contributed by atoms with Crippen LogP contribution < -0.4 is 15.8 Å². The zero-order valence-electron chi connectivity index (χ0n) is 24.3. The first-order valence-electron chi connectivity index (χ1n) is 13.7. The Morgan fingerprint density at radius 1 is 1.17 bits per heavy atom. The number of hydrogen-bond acceptors (Lipinski definition) is 6. The van der Waals surface area contributed by atoms with Gasteiger partial charge >= 0.3 is 0 Å². The molecule has 1 aliphatic carbocycles. The molecule has 2 aromatic carbocycles. The number of pyridine rings is 1. The van der Waals surface area contributed by atoms with Crippen molar-refractivity contribution in [2.45, 2.75) is 52.2 Å². The van der Waals surface area contributed by atoms with Crippen LogP contribution in [0.1, 0.15) is 53.7 Å². The van der Waals surface area contributed by atoms with Gasteiger partial charge in [-0.3, -0.25) is 23.9 Å². The lowest BCUT2D eigenvalue weighted by Crippen LogP contribution is -2.46. The number of benzene rings is 2. The summed E-state index contributed by atoms with van der Waals surface area (Å²) < 4.78 is 21.4. The van der Waals surface area contributed by atoms with E-state index in [0.717, 1.165) is 12.8 Å². The van der Waals surface area contributed by atoms with Crippen LogP contribution in [-0.4, -0.2) is 53.2 Å². The summed E-state index contributed by atoms with van der Waals surface area (Å²) in [5.41, 5.74) is 0.377. The van der Waals surface area contributed by atoms with Gasteiger partial charge in [0.2, 0.25) is 6.41 Å². The van der Waals surface area contributed by atoms with Gasteiger partial charge in [0.05, 0.1) is 24.6 Å². The van der Waals surface area contributed by atoms with Gasteiger partial charge in [0.1, 0.15) is 22.8 Å². The van der Waals surface area contributed by atoms with Gasteiger partial charge in [0, 0.05) is 31.4 Å². The van der Waals surface area contributed by atoms with E-state index in [2.05, 4.69) is 5.32 Å². The molecule has 10 heteroatoms. The van der Waals surface area contributed by atoms with Crippen molar-refractivity contribution in [1.82, 2.24) is 9.47 Å². The van der Waals surface area contributed by atoms with Crippen LogP contribution in [0.3, 0.4) is 0 Å². The van der Waals surface area contributed by atoms with E-state index in [9.17, 15) is 23.9 Å². The number of carbonyl (C=O) groups excluding carboxylic acids is 2. The minimum Gasteiger partial charge on any atom is -0.380 e. The standard InChI is InChI=1S/C29H31FN4O5.C2H6/c1-17-8-11-23(22(30)12-17)31-26-24(28(37)32(3)20-9-10-20)25(18(2)27(36)33(26)4)34(16-35)21-7-5-6-19(13-21)29(38)14-39-15-29;1-2/h5-8,11-13,16,20,31,38H,9-10,14-15H2,1-4H3;1-2H3. The van der Waals surface area contributed by atoms with Crippen LogP contribution in [-0.2, 0) is 22.2 Å². The molecule has 0 radical (unpaired) electrons. The fourth-order valence-corrected chi connectivity index (χ4v) is 4.87. The average Bonchev–Trinajstić information content (AvgIpc) is 3.81. The molecule has 2 amide bonds. The minimum absolute atomic E-state index is 0.0349. The number of halogens is 1. The Morgan fingerprint density at radius 3 is 2.41 bits per heavy atom. The lowest BCUT2D eigenvalue weighted by molar-refractivity contribution is -0.184. The van der Waals surface area contributed by atoms with E-state index in [1.54, 1.807) is 56.1 Å². The molecule has 0 spiro atoms. The fourth-order valence-electron chi connectivity index (χ4n) is 4.87. The number of aromatic nitrogens is 1. The van der Waals surface area contributed by atoms with Gasteiger partial charge in [-0.05, 0) is 62.1 Å². The lowest BCUT2D eigenvalue weighted by atomic mass is 9.91. The topological polar surface area (TPSA) is 104 Å². The molecular weight excluding hydrogens is 527 g/mol. The van der Waals surface area contributed by atoms with Crippen LogP contribution in [0.4, 0.5) is 27.3 Å². The zero-order chi connectivity index (χ0) is 30.1. The second kappa shape index (κ2) is 11.8. The Bertz CT molecular complexity index is 1530. The predicted molar refractivity (Wildman–Crippen MR) is 157 cm³/mol. The first kappa shape index (κ1) is 30.0. The molecule has 41 heavy (non-hydrogen) atoms. The third-order valence-electron chi connectivity index (χ3n) is 7.49. The molecule has 218 valence electrons. The summed E-state index contributed by atoms with van der Waals surface area (Å²) in [6, 6.07) is 11.4. The van der Waals surface area contributed by atoms with Crippen molar-refractivity contribution in [3.63, 3.8) is 0 Å². The molecule has 1 aromatic heterocycles. The molecular formula is C31H37FN4O5. The molecule has 2 heterocycles. The highest BCUT2D eigenvalue weighted by Crippen LogP contribution is 2.39. The minimum atomic E-state index is -1.19. The van der Waals surface area contributed by atoms with E-state index in [1.807, 2.05) is 13.8 Å². The first-order valence-corrected chi connectivity index (χ1v) is 13.7. The molecule has 0 bridgehead atoms. The second-order valence-corrected chi connectivity index (χ2v) is 10.4. The van der Waals surface area contributed by atoms with Crippen molar-refractivity contribution in [3.8, 4) is 0 Å². The van der Waals surface area contributed by atoms with Crippen LogP contribution in [0.5, 0.6) is 0 Å². The average molecular weight is 565 g/mol. The van der Waals surface area contributed by atoms with E-state index in [-0.39, 0.29) is 47.6 Å². The van der Waals surface area contributed by atoms with Gasteiger partial charge in [-0.1, -0.05) is 32.0 Å². The van der Waals surface area contributed by atoms with E-state index >= 15 is 0 Å². The number of hydrogen-bond donors (Lipinski definition) is 2. The highest BCUT2D eigenvalue weighted by atomic mass is 19.1. The van der Waals surface area contributed by atoms with Crippen molar-refractivity contribution < 1.29 is 23.8 Å². The largest absolute Gasteiger partial charge is 0.380 e. The Balaban J connectivity index is 0.00000189. The molecule has 0 unspecified atom stereocenters. The Kier molecular flexibility index (Phi) is 8.65. The summed E-state index contributed by atoms with van der Waals surface area (Å²) >= 11 is 0. The van der Waals surface area contributed by atoms with Gasteiger partial charge in [0.25, 0.3) is 11.5 Å². The van der Waals surface area contributed by atoms with Crippen LogP contribution in [0.15, 0.2) is 47.3 Å². The molecule has 1 saturated heterocycles. The smallest absolute Gasteiger partial charge is 0.259 e. The van der Waals surface area contributed by atoms with Gasteiger partial charge < -0.3 is 20.1 Å². The fraction of sp³-hybridized carbons (Fsp3) is 0.387. The van der Waals surface area contributed by atoms with Gasteiger partial charge in [-0.25, -0.2) is 4.39 Å². The molecule has 5 rings (SSSR count). The number of nitrogens with zero attached hydrogens (tertiary/aromatic N) is 3. The quantitative estimate of drug-likeness (QED) is 0.386. The summed E-state index contributed by atoms with van der Waals surface area (Å²) in [4.78, 5) is 43.0. The van der Waals surface area contributed by atoms with Crippen LogP contribution in [0, 0.1) is 19.7 Å². The van der Waals surface area contributed by atoms with E-state index in [0.29, 0.717) is 23.2 Å². The van der Waals surface area contributed by atoms with Crippen molar-refractivity contribution in [2.24, 2.45) is 7.05 Å². The number of amides is 2. The maximum Gasteiger partial charge on any atom is 0.259 e. The number of ether oxygens (including phenoxy) is 1. The number of aryl methyl sites for hydroxylation is 1. The summed E-state index contributed by atoms with van der Waals surface area (Å²) in [6.07, 6.45) is 2.22. The van der Waals surface area contributed by atoms with Crippen molar-refractivity contribution in [3.05, 3.63) is 80.9 Å². The molecule has 1 saturated carbocycles. The summed E-state index contributed by atoms with van der Waals surface area (Å²) in [5.74, 6) is -0.889.